The number of aromatic nitrogens is 2. The number of nitrogens with zero attached hydrogens (tertiary/aromatic N) is 3. The minimum absolute atomic E-state index is 0.0567. The van der Waals surface area contributed by atoms with E-state index in [2.05, 4.69) is 20.6 Å². The van der Waals surface area contributed by atoms with Gasteiger partial charge in [-0.3, -0.25) is 20.2 Å². The number of carbonyl (C=O) groups is 1. The van der Waals surface area contributed by atoms with E-state index in [4.69, 9.17) is 0 Å². The van der Waals surface area contributed by atoms with E-state index >= 15 is 0 Å². The van der Waals surface area contributed by atoms with Crippen molar-refractivity contribution in [2.24, 2.45) is 0 Å². The molecule has 0 aromatic carbocycles. The molecule has 2 rings (SSSR count). The van der Waals surface area contributed by atoms with Crippen LogP contribution in [0.4, 0.5) is 16.6 Å². The van der Waals surface area contributed by atoms with Gasteiger partial charge in [0.15, 0.2) is 5.13 Å². The lowest BCUT2D eigenvalue weighted by Gasteiger charge is -2.06. The van der Waals surface area contributed by atoms with Crippen LogP contribution in [0.25, 0.3) is 0 Å². The van der Waals surface area contributed by atoms with E-state index in [1.54, 1.807) is 12.3 Å². The van der Waals surface area contributed by atoms with Crippen LogP contribution in [-0.4, -0.2) is 27.3 Å². The first-order valence-electron chi connectivity index (χ1n) is 6.13. The lowest BCUT2D eigenvalue weighted by Crippen LogP contribution is -2.15. The van der Waals surface area contributed by atoms with Crippen LogP contribution in [0, 0.1) is 17.0 Å². The van der Waals surface area contributed by atoms with Gasteiger partial charge in [0.25, 0.3) is 11.6 Å². The van der Waals surface area contributed by atoms with Crippen LogP contribution in [0.15, 0.2) is 17.6 Å². The number of amides is 1. The SMILES string of the molecule is CCNc1cc(C(=O)Nc2nc(C)cs2)c([N+](=O)[O-])cn1. The van der Waals surface area contributed by atoms with Crippen molar-refractivity contribution >= 4 is 33.9 Å². The first-order valence-corrected chi connectivity index (χ1v) is 7.01. The standard InChI is InChI=1S/C12H13N5O3S/c1-3-13-10-4-8(9(5-14-10)17(19)20)11(18)16-12-15-7(2)6-21-12/h4-6H,3H2,1-2H3,(H,13,14)(H,15,16,18). The first-order chi connectivity index (χ1) is 10.0. The van der Waals surface area contributed by atoms with Crippen molar-refractivity contribution in [3.05, 3.63) is 39.0 Å². The lowest BCUT2D eigenvalue weighted by atomic mass is 10.2. The van der Waals surface area contributed by atoms with Crippen LogP contribution >= 0.6 is 11.3 Å². The molecule has 0 radical (unpaired) electrons. The average Bonchev–Trinajstić information content (AvgIpc) is 2.84. The molecule has 0 aliphatic carbocycles. The Labute approximate surface area is 124 Å². The van der Waals surface area contributed by atoms with Gasteiger partial charge in [0.05, 0.1) is 10.6 Å². The number of pyridine rings is 1. The fourth-order valence-corrected chi connectivity index (χ4v) is 2.31. The van der Waals surface area contributed by atoms with Gasteiger partial charge in [-0.1, -0.05) is 0 Å². The Balaban J connectivity index is 2.32. The molecule has 8 nitrogen and oxygen atoms in total. The second kappa shape index (κ2) is 6.27. The topological polar surface area (TPSA) is 110 Å². The summed E-state index contributed by atoms with van der Waals surface area (Å²) in [5.41, 5.74) is 0.370. The molecule has 0 aliphatic heterocycles. The highest BCUT2D eigenvalue weighted by Crippen LogP contribution is 2.22. The zero-order chi connectivity index (χ0) is 15.4. The summed E-state index contributed by atoms with van der Waals surface area (Å²) >= 11 is 1.26. The zero-order valence-corrected chi connectivity index (χ0v) is 12.2. The molecule has 0 saturated heterocycles. The van der Waals surface area contributed by atoms with Crippen LogP contribution in [0.2, 0.25) is 0 Å². The highest BCUT2D eigenvalue weighted by atomic mass is 32.1. The molecule has 0 atom stereocenters. The molecule has 1 amide bonds. The maximum absolute atomic E-state index is 12.2. The highest BCUT2D eigenvalue weighted by molar-refractivity contribution is 7.13. The maximum Gasteiger partial charge on any atom is 0.300 e. The molecule has 0 spiro atoms. The normalized spacial score (nSPS) is 10.2. The minimum atomic E-state index is -0.634. The molecule has 21 heavy (non-hydrogen) atoms. The van der Waals surface area contributed by atoms with Gasteiger partial charge in [-0.05, 0) is 13.8 Å². The van der Waals surface area contributed by atoms with Crippen molar-refractivity contribution in [2.45, 2.75) is 13.8 Å². The summed E-state index contributed by atoms with van der Waals surface area (Å²) in [4.78, 5) is 30.6. The third-order valence-electron chi connectivity index (χ3n) is 2.52. The number of aryl methyl sites for hydroxylation is 1. The summed E-state index contributed by atoms with van der Waals surface area (Å²) in [7, 11) is 0. The summed E-state index contributed by atoms with van der Waals surface area (Å²) in [5, 5.41) is 18.6. The second-order valence-corrected chi connectivity index (χ2v) is 4.98. The Kier molecular flexibility index (Phi) is 4.43. The number of thiazole rings is 1. The largest absolute Gasteiger partial charge is 0.370 e. The summed E-state index contributed by atoms with van der Waals surface area (Å²) in [6.45, 7) is 4.25. The van der Waals surface area contributed by atoms with Gasteiger partial charge in [0.2, 0.25) is 0 Å². The highest BCUT2D eigenvalue weighted by Gasteiger charge is 2.22. The molecule has 9 heteroatoms. The number of anilines is 2. The number of rotatable bonds is 5. The number of hydrogen-bond acceptors (Lipinski definition) is 7. The van der Waals surface area contributed by atoms with Crippen molar-refractivity contribution in [3.8, 4) is 0 Å². The van der Waals surface area contributed by atoms with Crippen molar-refractivity contribution in [1.29, 1.82) is 0 Å². The molecule has 0 aliphatic rings. The molecule has 0 fully saturated rings. The van der Waals surface area contributed by atoms with Crippen LogP contribution in [-0.2, 0) is 0 Å². The smallest absolute Gasteiger partial charge is 0.300 e. The predicted molar refractivity (Wildman–Crippen MR) is 79.9 cm³/mol. The molecule has 0 bridgehead atoms. The third-order valence-corrected chi connectivity index (χ3v) is 3.40. The van der Waals surface area contributed by atoms with Crippen LogP contribution in [0.1, 0.15) is 23.0 Å². The van der Waals surface area contributed by atoms with E-state index in [1.807, 2.05) is 6.92 Å². The van der Waals surface area contributed by atoms with Crippen molar-refractivity contribution in [3.63, 3.8) is 0 Å². The van der Waals surface area contributed by atoms with Crippen LogP contribution in [0.5, 0.6) is 0 Å². The fraction of sp³-hybridized carbons (Fsp3) is 0.250. The van der Waals surface area contributed by atoms with Gasteiger partial charge >= 0.3 is 0 Å². The molecule has 110 valence electrons. The molecular formula is C12H13N5O3S. The van der Waals surface area contributed by atoms with E-state index in [0.717, 1.165) is 11.9 Å². The minimum Gasteiger partial charge on any atom is -0.370 e. The van der Waals surface area contributed by atoms with Crippen LogP contribution < -0.4 is 10.6 Å². The molecule has 2 N–H and O–H groups in total. The van der Waals surface area contributed by atoms with E-state index < -0.39 is 10.8 Å². The van der Waals surface area contributed by atoms with Gasteiger partial charge in [-0.15, -0.1) is 11.3 Å². The first kappa shape index (κ1) is 14.9. The zero-order valence-electron chi connectivity index (χ0n) is 11.4. The quantitative estimate of drug-likeness (QED) is 0.648. The summed E-state index contributed by atoms with van der Waals surface area (Å²) in [5.74, 6) is -0.179. The van der Waals surface area contributed by atoms with Crippen molar-refractivity contribution in [2.75, 3.05) is 17.2 Å². The van der Waals surface area contributed by atoms with Gasteiger partial charge in [-0.25, -0.2) is 9.97 Å². The third kappa shape index (κ3) is 3.51. The lowest BCUT2D eigenvalue weighted by molar-refractivity contribution is -0.385. The van der Waals surface area contributed by atoms with Crippen molar-refractivity contribution in [1.82, 2.24) is 9.97 Å². The Hall–Kier alpha value is -2.55. The molecule has 2 heterocycles. The predicted octanol–water partition coefficient (Wildman–Crippen LogP) is 2.44. The summed E-state index contributed by atoms with van der Waals surface area (Å²) in [6.07, 6.45) is 1.07. The van der Waals surface area contributed by atoms with Gasteiger partial charge in [0, 0.05) is 18.0 Å². The Morgan fingerprint density at radius 1 is 1.52 bits per heavy atom. The summed E-state index contributed by atoms with van der Waals surface area (Å²) < 4.78 is 0. The van der Waals surface area contributed by atoms with E-state index in [9.17, 15) is 14.9 Å². The van der Waals surface area contributed by atoms with Gasteiger partial charge in [0.1, 0.15) is 17.6 Å². The number of carbonyl (C=O) groups excluding carboxylic acids is 1. The second-order valence-electron chi connectivity index (χ2n) is 4.12. The van der Waals surface area contributed by atoms with E-state index in [1.165, 1.54) is 17.4 Å². The summed E-state index contributed by atoms with van der Waals surface area (Å²) in [6, 6.07) is 1.36. The maximum atomic E-state index is 12.2. The Morgan fingerprint density at radius 2 is 2.29 bits per heavy atom. The van der Waals surface area contributed by atoms with Crippen molar-refractivity contribution < 1.29 is 9.72 Å². The number of hydrogen-bond donors (Lipinski definition) is 2. The van der Waals surface area contributed by atoms with E-state index in [0.29, 0.717) is 17.5 Å². The number of nitrogens with one attached hydrogen (secondary N) is 2. The fourth-order valence-electron chi connectivity index (χ4n) is 1.63. The van der Waals surface area contributed by atoms with Gasteiger partial charge in [-0.2, -0.15) is 0 Å². The number of nitro groups is 1. The molecule has 2 aromatic heterocycles. The average molecular weight is 307 g/mol. The molecule has 2 aromatic rings. The monoisotopic (exact) mass is 307 g/mol. The molecular weight excluding hydrogens is 294 g/mol. The Morgan fingerprint density at radius 3 is 2.86 bits per heavy atom. The molecule has 0 unspecified atom stereocenters. The Bertz CT molecular complexity index is 685. The van der Waals surface area contributed by atoms with Gasteiger partial charge < -0.3 is 5.32 Å². The van der Waals surface area contributed by atoms with E-state index in [-0.39, 0.29) is 11.3 Å². The van der Waals surface area contributed by atoms with Crippen LogP contribution in [0.3, 0.4) is 0 Å². The molecule has 0 saturated carbocycles.